The molecule has 0 saturated carbocycles. The molecule has 35 heavy (non-hydrogen) atoms. The Balaban J connectivity index is 1.81. The maximum Gasteiger partial charge on any atom is 0.417 e. The lowest BCUT2D eigenvalue weighted by atomic mass is 10.00. The van der Waals surface area contributed by atoms with Crippen molar-refractivity contribution in [2.75, 3.05) is 4.72 Å². The van der Waals surface area contributed by atoms with E-state index in [1.54, 1.807) is 19.9 Å². The molecule has 4 rings (SSSR count). The Labute approximate surface area is 202 Å². The van der Waals surface area contributed by atoms with Gasteiger partial charge in [-0.05, 0) is 49.7 Å². The van der Waals surface area contributed by atoms with Gasteiger partial charge < -0.3 is 5.21 Å². The third-order valence-corrected chi connectivity index (χ3v) is 6.89. The molecule has 0 amide bonds. The van der Waals surface area contributed by atoms with Crippen LogP contribution in [0.15, 0.2) is 53.8 Å². The minimum absolute atomic E-state index is 0.161. The van der Waals surface area contributed by atoms with E-state index in [1.165, 1.54) is 24.7 Å². The molecule has 3 N–H and O–H groups in total. The Morgan fingerprint density at radius 2 is 1.91 bits per heavy atom. The zero-order valence-corrected chi connectivity index (χ0v) is 19.7. The number of nitrogens with one attached hydrogen (secondary N) is 2. The highest BCUT2D eigenvalue weighted by Crippen LogP contribution is 2.36. The summed E-state index contributed by atoms with van der Waals surface area (Å²) in [5, 5.41) is 9.77. The predicted octanol–water partition coefficient (Wildman–Crippen LogP) is 4.41. The Hall–Kier alpha value is -3.64. The van der Waals surface area contributed by atoms with Crippen LogP contribution < -0.4 is 9.45 Å². The third kappa shape index (κ3) is 4.54. The number of hydrogen-bond donors (Lipinski definition) is 3. The molecule has 0 fully saturated rings. The number of fused-ring (bicyclic) bond motifs is 1. The molecule has 0 aliphatic carbocycles. The first-order valence-electron chi connectivity index (χ1n) is 9.92. The Bertz CT molecular complexity index is 1600. The van der Waals surface area contributed by atoms with Crippen molar-refractivity contribution in [2.45, 2.75) is 24.9 Å². The number of rotatable bonds is 5. The maximum atomic E-state index is 13.5. The molecule has 8 nitrogen and oxygen atoms in total. The highest BCUT2D eigenvalue weighted by molar-refractivity contribution is 7.92. The molecule has 1 aromatic carbocycles. The predicted molar refractivity (Wildman–Crippen MR) is 120 cm³/mol. The van der Waals surface area contributed by atoms with Gasteiger partial charge in [0.1, 0.15) is 11.9 Å². The van der Waals surface area contributed by atoms with Crippen LogP contribution in [0.1, 0.15) is 32.7 Å². The van der Waals surface area contributed by atoms with E-state index in [-0.39, 0.29) is 22.6 Å². The molecular weight excluding hydrogens is 509 g/mol. The molecule has 0 radical (unpaired) electrons. The van der Waals surface area contributed by atoms with Gasteiger partial charge in [0.05, 0.1) is 32.8 Å². The number of halogens is 4. The van der Waals surface area contributed by atoms with Crippen molar-refractivity contribution < 1.29 is 36.3 Å². The fraction of sp³-hybridized carbons (Fsp3) is 0.136. The minimum Gasteiger partial charge on any atom is -0.350 e. The van der Waals surface area contributed by atoms with E-state index >= 15 is 0 Å². The molecule has 13 heteroatoms. The van der Waals surface area contributed by atoms with Crippen molar-refractivity contribution in [1.82, 2.24) is 9.97 Å². The fourth-order valence-electron chi connectivity index (χ4n) is 3.62. The molecule has 4 aromatic rings. The van der Waals surface area contributed by atoms with Crippen LogP contribution >= 0.6 is 11.6 Å². The maximum absolute atomic E-state index is 13.5. The first-order valence-corrected chi connectivity index (χ1v) is 11.8. The molecule has 182 valence electrons. The number of pyridine rings is 2. The minimum atomic E-state index is -4.87. The zero-order valence-electron chi connectivity index (χ0n) is 18.1. The Morgan fingerprint density at radius 3 is 2.60 bits per heavy atom. The van der Waals surface area contributed by atoms with Crippen molar-refractivity contribution in [2.24, 2.45) is 0 Å². The van der Waals surface area contributed by atoms with Crippen LogP contribution in [0.5, 0.6) is 0 Å². The van der Waals surface area contributed by atoms with E-state index < -0.39 is 37.5 Å². The molecule has 0 saturated heterocycles. The van der Waals surface area contributed by atoms with Crippen LogP contribution in [0.3, 0.4) is 0 Å². The van der Waals surface area contributed by atoms with Crippen LogP contribution in [0.2, 0.25) is 5.02 Å². The number of hydrogen-bond acceptors (Lipinski definition) is 5. The van der Waals surface area contributed by atoms with Crippen molar-refractivity contribution in [3.05, 3.63) is 81.9 Å². The summed E-state index contributed by atoms with van der Waals surface area (Å²) in [6.45, 7) is 3.19. The number of aryl methyl sites for hydroxylation is 2. The first-order chi connectivity index (χ1) is 16.3. The second-order valence-corrected chi connectivity index (χ2v) is 9.84. The second kappa shape index (κ2) is 8.54. The highest BCUT2D eigenvalue weighted by atomic mass is 35.5. The number of carbonyl (C=O) groups excluding carboxylic acids is 1. The lowest BCUT2D eigenvalue weighted by Gasteiger charge is -2.15. The summed E-state index contributed by atoms with van der Waals surface area (Å²) < 4.78 is 68.7. The summed E-state index contributed by atoms with van der Waals surface area (Å²) >= 11 is 5.60. The van der Waals surface area contributed by atoms with E-state index in [9.17, 15) is 31.6 Å². The smallest absolute Gasteiger partial charge is 0.350 e. The standard InChI is InChI=1S/C22H16ClF3N4O4S/c1-11-7-17(29-35(33,34)13-3-4-16(23)15(8-13)22(24,25)26)19(28-9-11)20(31)18-12(2)10-30(32)21-14(18)5-6-27-21/h3-10,32H,1-2H3,(H,29,31)/p+1. The SMILES string of the molecule is Cc1cnc(C(=O)c2c(C)c[n+](O)c3[nH]ccc23)c(NS(=O)(=O)c2ccc(Cl)c(C(F)(F)F)c2)c1. The summed E-state index contributed by atoms with van der Waals surface area (Å²) in [5.41, 5.74) is -0.534. The van der Waals surface area contributed by atoms with Gasteiger partial charge in [0.2, 0.25) is 5.78 Å². The first kappa shape index (κ1) is 24.5. The van der Waals surface area contributed by atoms with E-state index in [0.717, 1.165) is 16.9 Å². The number of aromatic amines is 1. The molecule has 0 spiro atoms. The Morgan fingerprint density at radius 1 is 1.20 bits per heavy atom. The number of H-pyrrole nitrogens is 1. The number of sulfonamides is 1. The summed E-state index contributed by atoms with van der Waals surface area (Å²) in [5.74, 6) is -0.655. The summed E-state index contributed by atoms with van der Waals surface area (Å²) in [6.07, 6.45) is -0.700. The van der Waals surface area contributed by atoms with E-state index in [2.05, 4.69) is 14.7 Å². The van der Waals surface area contributed by atoms with Crippen LogP contribution in [-0.2, 0) is 16.2 Å². The number of ketones is 1. The quantitative estimate of drug-likeness (QED) is 0.203. The Kier molecular flexibility index (Phi) is 5.97. The van der Waals surface area contributed by atoms with Crippen LogP contribution in [-0.4, -0.2) is 29.4 Å². The molecule has 0 aliphatic heterocycles. The van der Waals surface area contributed by atoms with Gasteiger partial charge in [0.15, 0.2) is 0 Å². The van der Waals surface area contributed by atoms with Gasteiger partial charge in [-0.3, -0.25) is 14.5 Å². The van der Waals surface area contributed by atoms with E-state index in [1.807, 2.05) is 0 Å². The van der Waals surface area contributed by atoms with Gasteiger partial charge >= 0.3 is 11.8 Å². The molecule has 3 heterocycles. The van der Waals surface area contributed by atoms with Gasteiger partial charge in [-0.2, -0.15) is 13.2 Å². The van der Waals surface area contributed by atoms with Gasteiger partial charge in [0.25, 0.3) is 10.0 Å². The molecule has 0 unspecified atom stereocenters. The number of benzene rings is 1. The van der Waals surface area contributed by atoms with Crippen molar-refractivity contribution in [1.29, 1.82) is 0 Å². The zero-order chi connectivity index (χ0) is 25.7. The normalized spacial score (nSPS) is 12.2. The van der Waals surface area contributed by atoms with E-state index in [4.69, 9.17) is 11.6 Å². The largest absolute Gasteiger partial charge is 0.417 e. The van der Waals surface area contributed by atoms with Gasteiger partial charge in [-0.25, -0.2) is 13.4 Å². The number of carbonyl (C=O) groups is 1. The number of alkyl halides is 3. The average molecular weight is 526 g/mol. The topological polar surface area (TPSA) is 116 Å². The molecule has 0 atom stereocenters. The molecule has 0 aliphatic rings. The number of anilines is 1. The van der Waals surface area contributed by atoms with E-state index in [0.29, 0.717) is 22.6 Å². The number of aromatic nitrogens is 3. The number of nitrogens with zero attached hydrogens (tertiary/aromatic N) is 2. The lowest BCUT2D eigenvalue weighted by Crippen LogP contribution is -2.32. The highest BCUT2D eigenvalue weighted by Gasteiger charge is 2.35. The lowest BCUT2D eigenvalue weighted by molar-refractivity contribution is -0.886. The summed E-state index contributed by atoms with van der Waals surface area (Å²) in [4.78, 5) is 19.7. The van der Waals surface area contributed by atoms with Crippen LogP contribution in [0, 0.1) is 13.8 Å². The average Bonchev–Trinajstić information content (AvgIpc) is 3.23. The van der Waals surface area contributed by atoms with Gasteiger partial charge in [-0.1, -0.05) is 16.3 Å². The van der Waals surface area contributed by atoms with Gasteiger partial charge in [-0.15, -0.1) is 0 Å². The van der Waals surface area contributed by atoms with Crippen molar-refractivity contribution in [3.63, 3.8) is 0 Å². The summed E-state index contributed by atoms with van der Waals surface area (Å²) in [6, 6.07) is 5.08. The molecular formula is C22H17ClF3N4O4S+. The monoisotopic (exact) mass is 525 g/mol. The third-order valence-electron chi connectivity index (χ3n) is 5.20. The van der Waals surface area contributed by atoms with Crippen LogP contribution in [0.25, 0.3) is 11.0 Å². The van der Waals surface area contributed by atoms with Crippen LogP contribution in [0.4, 0.5) is 18.9 Å². The van der Waals surface area contributed by atoms with Crippen molar-refractivity contribution in [3.8, 4) is 0 Å². The summed E-state index contributed by atoms with van der Waals surface area (Å²) in [7, 11) is -4.57. The second-order valence-electron chi connectivity index (χ2n) is 7.75. The molecule has 3 aromatic heterocycles. The van der Waals surface area contributed by atoms with Crippen molar-refractivity contribution >= 4 is 44.1 Å². The van der Waals surface area contributed by atoms with Gasteiger partial charge in [0, 0.05) is 17.3 Å². The fourth-order valence-corrected chi connectivity index (χ4v) is 4.92. The molecule has 0 bridgehead atoms.